The van der Waals surface area contributed by atoms with Gasteiger partial charge in [0.15, 0.2) is 0 Å². The molecule has 0 aromatic heterocycles. The maximum atomic E-state index is 13.0. The number of aliphatic carboxylic acids is 1. The first-order valence-electron chi connectivity index (χ1n) is 8.43. The Morgan fingerprint density at radius 1 is 1.15 bits per heavy atom. The summed E-state index contributed by atoms with van der Waals surface area (Å²) in [6, 6.07) is 14.1. The van der Waals surface area contributed by atoms with Crippen LogP contribution in [0.1, 0.15) is 18.4 Å². The quantitative estimate of drug-likeness (QED) is 0.791. The van der Waals surface area contributed by atoms with Crippen molar-refractivity contribution in [3.8, 4) is 0 Å². The summed E-state index contributed by atoms with van der Waals surface area (Å²) in [4.78, 5) is 26.3. The van der Waals surface area contributed by atoms with Crippen LogP contribution in [-0.2, 0) is 9.59 Å². The summed E-state index contributed by atoms with van der Waals surface area (Å²) in [5.74, 6) is -1.00. The summed E-state index contributed by atoms with van der Waals surface area (Å²) in [7, 11) is 0. The molecule has 0 unspecified atom stereocenters. The van der Waals surface area contributed by atoms with Crippen molar-refractivity contribution in [3.63, 3.8) is 0 Å². The zero-order chi connectivity index (χ0) is 18.3. The lowest BCUT2D eigenvalue weighted by molar-refractivity contribution is -0.137. The van der Waals surface area contributed by atoms with E-state index in [1.165, 1.54) is 0 Å². The molecular weight excluding hydrogens is 352 g/mol. The number of anilines is 2. The molecule has 0 saturated carbocycles. The van der Waals surface area contributed by atoms with E-state index in [0.29, 0.717) is 29.2 Å². The average molecular weight is 369 g/mol. The van der Waals surface area contributed by atoms with Crippen LogP contribution < -0.4 is 10.2 Å². The van der Waals surface area contributed by atoms with E-state index >= 15 is 0 Å². The zero-order valence-electron chi connectivity index (χ0n) is 13.9. The standard InChI is InChI=1S/C20H17ClN2O3/c21-12-6-7-14-16(11-18(20(25)26)22-17(14)10-12)15-8-9-23(19(15)24)13-4-2-1-3-5-13/h1-7,10,18,22H,8-9,11H2,(H,25,26)/b16-15+/t18-/m0/s1. The van der Waals surface area contributed by atoms with E-state index in [-0.39, 0.29) is 12.3 Å². The number of carboxylic acid groups (broad SMARTS) is 1. The normalized spacial score (nSPS) is 22.1. The number of rotatable bonds is 2. The largest absolute Gasteiger partial charge is 0.480 e. The van der Waals surface area contributed by atoms with Crippen LogP contribution in [0.15, 0.2) is 54.1 Å². The molecule has 0 aliphatic carbocycles. The third-order valence-corrected chi connectivity index (χ3v) is 5.10. The molecule has 26 heavy (non-hydrogen) atoms. The van der Waals surface area contributed by atoms with Crippen LogP contribution in [0, 0.1) is 0 Å². The molecule has 1 fully saturated rings. The zero-order valence-corrected chi connectivity index (χ0v) is 14.7. The molecule has 1 saturated heterocycles. The van der Waals surface area contributed by atoms with Gasteiger partial charge in [-0.05, 0) is 36.3 Å². The van der Waals surface area contributed by atoms with Gasteiger partial charge < -0.3 is 15.3 Å². The Balaban J connectivity index is 1.78. The number of fused-ring (bicyclic) bond motifs is 1. The molecule has 2 heterocycles. The number of halogens is 1. The van der Waals surface area contributed by atoms with Crippen LogP contribution in [0.2, 0.25) is 5.02 Å². The smallest absolute Gasteiger partial charge is 0.326 e. The highest BCUT2D eigenvalue weighted by atomic mass is 35.5. The Kier molecular flexibility index (Phi) is 4.17. The van der Waals surface area contributed by atoms with Crippen molar-refractivity contribution in [2.75, 3.05) is 16.8 Å². The van der Waals surface area contributed by atoms with E-state index in [9.17, 15) is 14.7 Å². The fraction of sp³-hybridized carbons (Fsp3) is 0.200. The minimum atomic E-state index is -0.945. The number of nitrogens with zero attached hydrogens (tertiary/aromatic N) is 1. The average Bonchev–Trinajstić information content (AvgIpc) is 3.02. The summed E-state index contributed by atoms with van der Waals surface area (Å²) in [6.45, 7) is 0.593. The predicted octanol–water partition coefficient (Wildman–Crippen LogP) is 3.80. The van der Waals surface area contributed by atoms with Gasteiger partial charge in [0.2, 0.25) is 0 Å². The third kappa shape index (κ3) is 2.84. The van der Waals surface area contributed by atoms with Crippen molar-refractivity contribution >= 4 is 40.4 Å². The number of para-hydroxylation sites is 1. The fourth-order valence-corrected chi connectivity index (χ4v) is 3.79. The summed E-state index contributed by atoms with van der Waals surface area (Å²) >= 11 is 6.06. The van der Waals surface area contributed by atoms with Gasteiger partial charge in [-0.1, -0.05) is 35.9 Å². The minimum Gasteiger partial charge on any atom is -0.480 e. The van der Waals surface area contributed by atoms with Gasteiger partial charge >= 0.3 is 5.97 Å². The second-order valence-corrected chi connectivity index (χ2v) is 6.87. The van der Waals surface area contributed by atoms with Gasteiger partial charge in [-0.3, -0.25) is 4.79 Å². The lowest BCUT2D eigenvalue weighted by Crippen LogP contribution is -2.33. The molecule has 0 radical (unpaired) electrons. The fourth-order valence-electron chi connectivity index (χ4n) is 3.62. The molecule has 2 aliphatic rings. The summed E-state index contributed by atoms with van der Waals surface area (Å²) in [5.41, 5.74) is 3.85. The molecule has 2 aromatic rings. The Hall–Kier alpha value is -2.79. The first-order chi connectivity index (χ1) is 12.5. The number of nitrogens with one attached hydrogen (secondary N) is 1. The summed E-state index contributed by atoms with van der Waals surface area (Å²) in [5, 5.41) is 13.0. The van der Waals surface area contributed by atoms with Crippen LogP contribution in [0.3, 0.4) is 0 Å². The molecule has 1 amide bonds. The highest BCUT2D eigenvalue weighted by Crippen LogP contribution is 2.40. The third-order valence-electron chi connectivity index (χ3n) is 4.86. The van der Waals surface area contributed by atoms with Crippen LogP contribution in [0.25, 0.3) is 5.57 Å². The van der Waals surface area contributed by atoms with Crippen LogP contribution >= 0.6 is 11.6 Å². The van der Waals surface area contributed by atoms with Crippen molar-refractivity contribution in [2.45, 2.75) is 18.9 Å². The number of carbonyl (C=O) groups excluding carboxylic acids is 1. The van der Waals surface area contributed by atoms with Gasteiger partial charge in [-0.25, -0.2) is 4.79 Å². The first kappa shape index (κ1) is 16.7. The SMILES string of the molecule is O=C(O)[C@@H]1C/C(=C2/CCN(c3ccccc3)C2=O)c2ccc(Cl)cc2N1. The lowest BCUT2D eigenvalue weighted by atomic mass is 9.88. The molecule has 1 atom stereocenters. The Morgan fingerprint density at radius 3 is 2.65 bits per heavy atom. The monoisotopic (exact) mass is 368 g/mol. The van der Waals surface area contributed by atoms with Gasteiger partial charge in [0, 0.05) is 40.5 Å². The van der Waals surface area contributed by atoms with Crippen molar-refractivity contribution in [3.05, 3.63) is 64.7 Å². The van der Waals surface area contributed by atoms with Gasteiger partial charge in [-0.15, -0.1) is 0 Å². The second-order valence-electron chi connectivity index (χ2n) is 6.43. The number of carboxylic acids is 1. The molecule has 2 aromatic carbocycles. The highest BCUT2D eigenvalue weighted by molar-refractivity contribution is 6.31. The van der Waals surface area contributed by atoms with E-state index in [4.69, 9.17) is 11.6 Å². The first-order valence-corrected chi connectivity index (χ1v) is 8.80. The number of hydrogen-bond donors (Lipinski definition) is 2. The molecule has 0 bridgehead atoms. The Bertz CT molecular complexity index is 924. The van der Waals surface area contributed by atoms with E-state index in [2.05, 4.69) is 5.32 Å². The van der Waals surface area contributed by atoms with Crippen molar-refractivity contribution in [2.24, 2.45) is 0 Å². The predicted molar refractivity (Wildman–Crippen MR) is 101 cm³/mol. The maximum absolute atomic E-state index is 13.0. The molecule has 5 nitrogen and oxygen atoms in total. The van der Waals surface area contributed by atoms with Gasteiger partial charge in [-0.2, -0.15) is 0 Å². The van der Waals surface area contributed by atoms with Gasteiger partial charge in [0.1, 0.15) is 6.04 Å². The Labute approximate surface area is 155 Å². The van der Waals surface area contributed by atoms with Crippen LogP contribution in [0.4, 0.5) is 11.4 Å². The molecule has 0 spiro atoms. The number of amides is 1. The topological polar surface area (TPSA) is 69.6 Å². The second kappa shape index (κ2) is 6.50. The Morgan fingerprint density at radius 2 is 1.92 bits per heavy atom. The number of hydrogen-bond acceptors (Lipinski definition) is 3. The van der Waals surface area contributed by atoms with Crippen molar-refractivity contribution in [1.82, 2.24) is 0 Å². The summed E-state index contributed by atoms with van der Waals surface area (Å²) < 4.78 is 0. The molecular formula is C20H17ClN2O3. The van der Waals surface area contributed by atoms with Crippen LogP contribution in [-0.4, -0.2) is 29.6 Å². The number of benzene rings is 2. The van der Waals surface area contributed by atoms with Gasteiger partial charge in [0.25, 0.3) is 5.91 Å². The molecule has 2 N–H and O–H groups in total. The van der Waals surface area contributed by atoms with Crippen LogP contribution in [0.5, 0.6) is 0 Å². The molecule has 132 valence electrons. The molecule has 6 heteroatoms. The highest BCUT2D eigenvalue weighted by Gasteiger charge is 2.35. The van der Waals surface area contributed by atoms with E-state index in [0.717, 1.165) is 16.8 Å². The maximum Gasteiger partial charge on any atom is 0.326 e. The number of carbonyl (C=O) groups is 2. The molecule has 2 aliphatic heterocycles. The van der Waals surface area contributed by atoms with Crippen molar-refractivity contribution < 1.29 is 14.7 Å². The molecule has 4 rings (SSSR count). The van der Waals surface area contributed by atoms with Crippen molar-refractivity contribution in [1.29, 1.82) is 0 Å². The van der Waals surface area contributed by atoms with E-state index in [1.807, 2.05) is 36.4 Å². The lowest BCUT2D eigenvalue weighted by Gasteiger charge is -2.28. The summed E-state index contributed by atoms with van der Waals surface area (Å²) in [6.07, 6.45) is 0.866. The minimum absolute atomic E-state index is 0.0573. The van der Waals surface area contributed by atoms with E-state index in [1.54, 1.807) is 17.0 Å². The van der Waals surface area contributed by atoms with Gasteiger partial charge in [0.05, 0.1) is 0 Å². The van der Waals surface area contributed by atoms with E-state index < -0.39 is 12.0 Å².